The standard InChI is InChI=1S/C14H16N2O6/c1-21-13(17)10-6-8-15(9-7-10)14(18)22-12-4-2-11(3-5-12)16(19)20/h2-5,10H,6-9H2,1H3. The second kappa shape index (κ2) is 6.88. The molecule has 118 valence electrons. The Labute approximate surface area is 126 Å². The first kappa shape index (κ1) is 15.7. The molecule has 1 aromatic rings. The van der Waals surface area contributed by atoms with Gasteiger partial charge in [-0.15, -0.1) is 0 Å². The lowest BCUT2D eigenvalue weighted by Gasteiger charge is -2.29. The molecule has 1 amide bonds. The number of ether oxygens (including phenoxy) is 2. The smallest absolute Gasteiger partial charge is 0.415 e. The van der Waals surface area contributed by atoms with Gasteiger partial charge in [0.1, 0.15) is 5.75 Å². The predicted octanol–water partition coefficient (Wildman–Crippen LogP) is 1.98. The highest BCUT2D eigenvalue weighted by Gasteiger charge is 2.28. The Morgan fingerprint density at radius 3 is 2.32 bits per heavy atom. The molecule has 1 aromatic carbocycles. The fourth-order valence-electron chi connectivity index (χ4n) is 2.27. The largest absolute Gasteiger partial charge is 0.469 e. The number of nitro groups is 1. The number of esters is 1. The molecule has 8 nitrogen and oxygen atoms in total. The van der Waals surface area contributed by atoms with E-state index in [2.05, 4.69) is 4.74 Å². The number of carbonyl (C=O) groups excluding carboxylic acids is 2. The van der Waals surface area contributed by atoms with Crippen LogP contribution >= 0.6 is 0 Å². The molecular formula is C14H16N2O6. The van der Waals surface area contributed by atoms with Crippen LogP contribution < -0.4 is 4.74 Å². The number of hydrogen-bond acceptors (Lipinski definition) is 6. The van der Waals surface area contributed by atoms with Crippen molar-refractivity contribution in [2.75, 3.05) is 20.2 Å². The monoisotopic (exact) mass is 308 g/mol. The van der Waals surface area contributed by atoms with E-state index in [0.717, 1.165) is 0 Å². The first-order valence-corrected chi connectivity index (χ1v) is 6.80. The van der Waals surface area contributed by atoms with Crippen molar-refractivity contribution in [3.05, 3.63) is 34.4 Å². The molecule has 8 heteroatoms. The highest BCUT2D eigenvalue weighted by atomic mass is 16.6. The van der Waals surface area contributed by atoms with Crippen LogP contribution in [0.3, 0.4) is 0 Å². The summed E-state index contributed by atoms with van der Waals surface area (Å²) in [5.74, 6) is -0.206. The van der Waals surface area contributed by atoms with Crippen LogP contribution in [0.2, 0.25) is 0 Å². The lowest BCUT2D eigenvalue weighted by molar-refractivity contribution is -0.384. The second-order valence-corrected chi connectivity index (χ2v) is 4.90. The number of nitrogens with zero attached hydrogens (tertiary/aromatic N) is 2. The average molecular weight is 308 g/mol. The number of carbonyl (C=O) groups is 2. The maximum absolute atomic E-state index is 12.0. The van der Waals surface area contributed by atoms with Gasteiger partial charge in [0.15, 0.2) is 0 Å². The van der Waals surface area contributed by atoms with Gasteiger partial charge < -0.3 is 14.4 Å². The van der Waals surface area contributed by atoms with Crippen molar-refractivity contribution in [2.45, 2.75) is 12.8 Å². The third kappa shape index (κ3) is 3.72. The van der Waals surface area contributed by atoms with E-state index in [0.29, 0.717) is 25.9 Å². The summed E-state index contributed by atoms with van der Waals surface area (Å²) in [7, 11) is 1.34. The Hall–Kier alpha value is -2.64. The molecule has 0 saturated carbocycles. The van der Waals surface area contributed by atoms with Gasteiger partial charge in [-0.1, -0.05) is 0 Å². The fourth-order valence-corrected chi connectivity index (χ4v) is 2.27. The Morgan fingerprint density at radius 2 is 1.82 bits per heavy atom. The van der Waals surface area contributed by atoms with Crippen molar-refractivity contribution in [1.82, 2.24) is 4.90 Å². The van der Waals surface area contributed by atoms with Crippen molar-refractivity contribution in [3.63, 3.8) is 0 Å². The van der Waals surface area contributed by atoms with Gasteiger partial charge in [-0.3, -0.25) is 14.9 Å². The van der Waals surface area contributed by atoms with Crippen molar-refractivity contribution in [3.8, 4) is 5.75 Å². The van der Waals surface area contributed by atoms with Crippen LogP contribution in [0.1, 0.15) is 12.8 Å². The molecule has 1 aliphatic heterocycles. The highest BCUT2D eigenvalue weighted by Crippen LogP contribution is 2.21. The Bertz CT molecular complexity index is 563. The van der Waals surface area contributed by atoms with Crippen molar-refractivity contribution < 1.29 is 24.0 Å². The van der Waals surface area contributed by atoms with Crippen LogP contribution in [0.5, 0.6) is 5.75 Å². The van der Waals surface area contributed by atoms with E-state index < -0.39 is 11.0 Å². The molecule has 0 radical (unpaired) electrons. The normalized spacial score (nSPS) is 15.2. The number of hydrogen-bond donors (Lipinski definition) is 0. The zero-order chi connectivity index (χ0) is 16.1. The predicted molar refractivity (Wildman–Crippen MR) is 75.4 cm³/mol. The molecule has 0 aromatic heterocycles. The number of benzene rings is 1. The number of piperidine rings is 1. The van der Waals surface area contributed by atoms with E-state index in [9.17, 15) is 19.7 Å². The molecule has 1 aliphatic rings. The number of amides is 1. The van der Waals surface area contributed by atoms with Gasteiger partial charge in [-0.2, -0.15) is 0 Å². The Balaban J connectivity index is 1.88. The van der Waals surface area contributed by atoms with Crippen LogP contribution in [-0.2, 0) is 9.53 Å². The number of nitro benzene ring substituents is 1. The number of non-ortho nitro benzene ring substituents is 1. The molecule has 2 rings (SSSR count). The van der Waals surface area contributed by atoms with Gasteiger partial charge >= 0.3 is 12.1 Å². The summed E-state index contributed by atoms with van der Waals surface area (Å²) in [6.45, 7) is 0.817. The molecule has 1 saturated heterocycles. The van der Waals surface area contributed by atoms with E-state index >= 15 is 0 Å². The molecule has 0 N–H and O–H groups in total. The van der Waals surface area contributed by atoms with Gasteiger partial charge in [0, 0.05) is 25.2 Å². The van der Waals surface area contributed by atoms with Crippen LogP contribution in [0.15, 0.2) is 24.3 Å². The molecule has 0 spiro atoms. The maximum Gasteiger partial charge on any atom is 0.415 e. The third-order valence-corrected chi connectivity index (χ3v) is 3.54. The minimum absolute atomic E-state index is 0.0707. The third-order valence-electron chi connectivity index (χ3n) is 3.54. The molecule has 0 aliphatic carbocycles. The lowest BCUT2D eigenvalue weighted by Crippen LogP contribution is -2.41. The maximum atomic E-state index is 12.0. The van der Waals surface area contributed by atoms with Gasteiger partial charge in [0.25, 0.3) is 5.69 Å². The molecular weight excluding hydrogens is 292 g/mol. The first-order valence-electron chi connectivity index (χ1n) is 6.80. The SMILES string of the molecule is COC(=O)C1CCN(C(=O)Oc2ccc([N+](=O)[O-])cc2)CC1. The summed E-state index contributed by atoms with van der Waals surface area (Å²) < 4.78 is 9.84. The number of rotatable bonds is 3. The molecule has 1 fully saturated rings. The topological polar surface area (TPSA) is 99.0 Å². The van der Waals surface area contributed by atoms with Crippen LogP contribution in [-0.4, -0.2) is 42.1 Å². The van der Waals surface area contributed by atoms with Gasteiger partial charge in [0.05, 0.1) is 18.0 Å². The molecule has 0 bridgehead atoms. The van der Waals surface area contributed by atoms with Gasteiger partial charge in [-0.05, 0) is 25.0 Å². The second-order valence-electron chi connectivity index (χ2n) is 4.90. The summed E-state index contributed by atoms with van der Waals surface area (Å²) >= 11 is 0. The Morgan fingerprint density at radius 1 is 1.23 bits per heavy atom. The zero-order valence-electron chi connectivity index (χ0n) is 12.1. The van der Waals surface area contributed by atoms with Gasteiger partial charge in [-0.25, -0.2) is 4.79 Å². The fraction of sp³-hybridized carbons (Fsp3) is 0.429. The first-order chi connectivity index (χ1) is 10.5. The summed E-state index contributed by atoms with van der Waals surface area (Å²) in [5.41, 5.74) is -0.0707. The van der Waals surface area contributed by atoms with E-state index in [1.54, 1.807) is 0 Å². The van der Waals surface area contributed by atoms with Gasteiger partial charge in [0.2, 0.25) is 0 Å². The minimum Gasteiger partial charge on any atom is -0.469 e. The lowest BCUT2D eigenvalue weighted by atomic mass is 9.97. The minimum atomic E-state index is -0.530. The quantitative estimate of drug-likeness (QED) is 0.481. The summed E-state index contributed by atoms with van der Waals surface area (Å²) in [6.07, 6.45) is 0.529. The van der Waals surface area contributed by atoms with Crippen LogP contribution in [0, 0.1) is 16.0 Å². The summed E-state index contributed by atoms with van der Waals surface area (Å²) in [6, 6.07) is 5.28. The number of likely N-dealkylation sites (tertiary alicyclic amines) is 1. The molecule has 1 heterocycles. The van der Waals surface area contributed by atoms with E-state index in [4.69, 9.17) is 4.74 Å². The van der Waals surface area contributed by atoms with E-state index in [1.165, 1.54) is 36.3 Å². The van der Waals surface area contributed by atoms with Crippen molar-refractivity contribution in [2.24, 2.45) is 5.92 Å². The van der Waals surface area contributed by atoms with Crippen molar-refractivity contribution in [1.29, 1.82) is 0 Å². The number of methoxy groups -OCH3 is 1. The summed E-state index contributed by atoms with van der Waals surface area (Å²) in [5, 5.41) is 10.5. The zero-order valence-corrected chi connectivity index (χ0v) is 12.1. The molecule has 0 atom stereocenters. The average Bonchev–Trinajstić information content (AvgIpc) is 2.54. The Kier molecular flexibility index (Phi) is 4.92. The van der Waals surface area contributed by atoms with Crippen LogP contribution in [0.4, 0.5) is 10.5 Å². The van der Waals surface area contributed by atoms with Crippen molar-refractivity contribution >= 4 is 17.7 Å². The van der Waals surface area contributed by atoms with E-state index in [1.807, 2.05) is 0 Å². The summed E-state index contributed by atoms with van der Waals surface area (Å²) in [4.78, 5) is 34.9. The molecule has 0 unspecified atom stereocenters. The molecule has 22 heavy (non-hydrogen) atoms. The highest BCUT2D eigenvalue weighted by molar-refractivity contribution is 5.74. The van der Waals surface area contributed by atoms with E-state index in [-0.39, 0.29) is 23.3 Å². The van der Waals surface area contributed by atoms with Crippen LogP contribution in [0.25, 0.3) is 0 Å².